The second-order valence-electron chi connectivity index (χ2n) is 7.36. The van der Waals surface area contributed by atoms with Gasteiger partial charge in [-0.2, -0.15) is 5.10 Å². The minimum Gasteiger partial charge on any atom is -0.338 e. The van der Waals surface area contributed by atoms with Crippen LogP contribution in [-0.4, -0.2) is 43.9 Å². The molecular weight excluding hydrogens is 340 g/mol. The third-order valence-electron chi connectivity index (χ3n) is 5.43. The Morgan fingerprint density at radius 3 is 2.70 bits per heavy atom. The van der Waals surface area contributed by atoms with Crippen LogP contribution in [0.3, 0.4) is 0 Å². The summed E-state index contributed by atoms with van der Waals surface area (Å²) in [6.07, 6.45) is 6.86. The van der Waals surface area contributed by atoms with E-state index in [4.69, 9.17) is 0 Å². The summed E-state index contributed by atoms with van der Waals surface area (Å²) in [4.78, 5) is 31.2. The zero-order chi connectivity index (χ0) is 19.4. The summed E-state index contributed by atoms with van der Waals surface area (Å²) in [5, 5.41) is 4.42. The lowest BCUT2D eigenvalue weighted by Gasteiger charge is -2.36. The fourth-order valence-electron chi connectivity index (χ4n) is 4.07. The number of piperidine rings is 1. The molecule has 0 unspecified atom stereocenters. The van der Waals surface area contributed by atoms with Crippen molar-refractivity contribution in [2.24, 2.45) is 0 Å². The molecule has 0 aromatic carbocycles. The van der Waals surface area contributed by atoms with Crippen LogP contribution in [0.4, 0.5) is 0 Å². The van der Waals surface area contributed by atoms with Crippen molar-refractivity contribution in [1.29, 1.82) is 0 Å². The maximum Gasteiger partial charge on any atom is 0.244 e. The summed E-state index contributed by atoms with van der Waals surface area (Å²) >= 11 is 0. The number of aromatic nitrogens is 3. The molecule has 0 radical (unpaired) electrons. The van der Waals surface area contributed by atoms with Crippen molar-refractivity contribution in [2.45, 2.75) is 65.5 Å². The van der Waals surface area contributed by atoms with Crippen LogP contribution in [0.25, 0.3) is 0 Å². The highest BCUT2D eigenvalue weighted by atomic mass is 16.2. The third kappa shape index (κ3) is 4.43. The Morgan fingerprint density at radius 1 is 1.22 bits per heavy atom. The number of ketones is 1. The van der Waals surface area contributed by atoms with Crippen molar-refractivity contribution in [2.75, 3.05) is 6.54 Å². The average Bonchev–Trinajstić information content (AvgIpc) is 2.94. The molecule has 2 aromatic rings. The van der Waals surface area contributed by atoms with E-state index in [2.05, 4.69) is 10.1 Å². The van der Waals surface area contributed by atoms with Crippen molar-refractivity contribution in [3.63, 3.8) is 0 Å². The normalized spacial score (nSPS) is 17.1. The summed E-state index contributed by atoms with van der Waals surface area (Å²) < 4.78 is 1.68. The molecule has 0 saturated carbocycles. The van der Waals surface area contributed by atoms with Gasteiger partial charge in [-0.15, -0.1) is 0 Å². The first-order chi connectivity index (χ1) is 13.0. The van der Waals surface area contributed by atoms with E-state index in [1.807, 2.05) is 43.1 Å². The molecule has 0 aliphatic carbocycles. The predicted octanol–water partition coefficient (Wildman–Crippen LogP) is 3.11. The lowest BCUT2D eigenvalue weighted by Crippen LogP contribution is -2.45. The van der Waals surface area contributed by atoms with E-state index >= 15 is 0 Å². The maximum atomic E-state index is 13.0. The maximum absolute atomic E-state index is 13.0. The monoisotopic (exact) mass is 368 g/mol. The van der Waals surface area contributed by atoms with Crippen molar-refractivity contribution < 1.29 is 9.59 Å². The van der Waals surface area contributed by atoms with E-state index in [-0.39, 0.29) is 24.3 Å². The van der Waals surface area contributed by atoms with Crippen LogP contribution >= 0.6 is 0 Å². The number of amides is 1. The molecule has 2 aromatic heterocycles. The quantitative estimate of drug-likeness (QED) is 0.735. The molecule has 3 rings (SSSR count). The second-order valence-corrected chi connectivity index (χ2v) is 7.36. The van der Waals surface area contributed by atoms with Gasteiger partial charge >= 0.3 is 0 Å². The van der Waals surface area contributed by atoms with E-state index < -0.39 is 0 Å². The first kappa shape index (κ1) is 19.3. The highest BCUT2D eigenvalue weighted by Crippen LogP contribution is 2.22. The Hall–Kier alpha value is -2.50. The number of rotatable bonds is 6. The lowest BCUT2D eigenvalue weighted by atomic mass is 9.97. The minimum atomic E-state index is -0.00471. The molecule has 1 aliphatic rings. The number of carbonyl (C=O) groups is 2. The summed E-state index contributed by atoms with van der Waals surface area (Å²) in [7, 11) is 0. The Kier molecular flexibility index (Phi) is 6.04. The van der Waals surface area contributed by atoms with Crippen molar-refractivity contribution in [3.05, 3.63) is 47.0 Å². The van der Waals surface area contributed by atoms with Crippen LogP contribution in [0.2, 0.25) is 0 Å². The minimum absolute atomic E-state index is 0.00471. The Morgan fingerprint density at radius 2 is 2.04 bits per heavy atom. The molecule has 0 spiro atoms. The molecular formula is C21H28N4O2. The zero-order valence-electron chi connectivity index (χ0n) is 16.4. The van der Waals surface area contributed by atoms with Crippen LogP contribution in [0.5, 0.6) is 0 Å². The summed E-state index contributed by atoms with van der Waals surface area (Å²) in [5.74, 6) is 0.0799. The topological polar surface area (TPSA) is 68.1 Å². The predicted molar refractivity (Wildman–Crippen MR) is 104 cm³/mol. The van der Waals surface area contributed by atoms with Crippen molar-refractivity contribution in [3.8, 4) is 0 Å². The number of hydrogen-bond acceptors (Lipinski definition) is 4. The Balaban J connectivity index is 1.68. The average molecular weight is 368 g/mol. The van der Waals surface area contributed by atoms with Gasteiger partial charge in [-0.3, -0.25) is 19.3 Å². The number of pyridine rings is 1. The molecule has 0 N–H and O–H groups in total. The van der Waals surface area contributed by atoms with Gasteiger partial charge in [0.25, 0.3) is 0 Å². The van der Waals surface area contributed by atoms with Crippen molar-refractivity contribution in [1.82, 2.24) is 19.7 Å². The molecule has 27 heavy (non-hydrogen) atoms. The number of Topliss-reactive ketones (excluding diaryl/α,β-unsaturated/α-hetero) is 1. The smallest absolute Gasteiger partial charge is 0.244 e. The number of hydrogen-bond donors (Lipinski definition) is 0. The van der Waals surface area contributed by atoms with Gasteiger partial charge in [-0.1, -0.05) is 6.07 Å². The summed E-state index contributed by atoms with van der Waals surface area (Å²) in [6.45, 7) is 6.21. The van der Waals surface area contributed by atoms with Crippen LogP contribution in [0, 0.1) is 13.8 Å². The zero-order valence-corrected chi connectivity index (χ0v) is 16.4. The molecule has 0 bridgehead atoms. The molecule has 1 saturated heterocycles. The number of nitrogens with zero attached hydrogens (tertiary/aromatic N) is 4. The van der Waals surface area contributed by atoms with E-state index in [0.29, 0.717) is 11.3 Å². The van der Waals surface area contributed by atoms with Gasteiger partial charge in [0.05, 0.1) is 11.3 Å². The van der Waals surface area contributed by atoms with Gasteiger partial charge in [0.1, 0.15) is 6.54 Å². The molecule has 6 nitrogen and oxygen atoms in total. The van der Waals surface area contributed by atoms with Gasteiger partial charge in [-0.05, 0) is 65.0 Å². The number of aryl methyl sites for hydroxylation is 2. The SMILES string of the molecule is CC(=O)c1c(C)nn(CC(=O)N2CCCC[C@H]2CCc2ccccn2)c1C. The largest absolute Gasteiger partial charge is 0.338 e. The van der Waals surface area contributed by atoms with Crippen LogP contribution in [-0.2, 0) is 17.8 Å². The molecule has 1 atom stereocenters. The summed E-state index contributed by atoms with van der Waals surface area (Å²) in [5.41, 5.74) is 3.17. The first-order valence-electron chi connectivity index (χ1n) is 9.71. The lowest BCUT2D eigenvalue weighted by molar-refractivity contribution is -0.135. The van der Waals surface area contributed by atoms with E-state index in [1.54, 1.807) is 11.6 Å². The molecule has 1 amide bonds. The fraction of sp³-hybridized carbons (Fsp3) is 0.524. The first-order valence-corrected chi connectivity index (χ1v) is 9.71. The standard InChI is InChI=1S/C21H28N4O2/c1-15-21(17(3)26)16(2)25(23-15)14-20(27)24-13-7-5-9-19(24)11-10-18-8-4-6-12-22-18/h4,6,8,12,19H,5,7,9-11,13-14H2,1-3H3/t19-/m0/s1. The number of carbonyl (C=O) groups excluding carboxylic acids is 2. The van der Waals surface area contributed by atoms with Crippen LogP contribution in [0.1, 0.15) is 60.0 Å². The molecule has 6 heteroatoms. The van der Waals surface area contributed by atoms with E-state index in [1.165, 1.54) is 0 Å². The number of likely N-dealkylation sites (tertiary alicyclic amines) is 1. The molecule has 144 valence electrons. The second kappa shape index (κ2) is 8.46. The van der Waals surface area contributed by atoms with Crippen LogP contribution in [0.15, 0.2) is 24.4 Å². The van der Waals surface area contributed by atoms with Crippen LogP contribution < -0.4 is 0 Å². The molecule has 1 aliphatic heterocycles. The summed E-state index contributed by atoms with van der Waals surface area (Å²) in [6, 6.07) is 6.21. The third-order valence-corrected chi connectivity index (χ3v) is 5.43. The van der Waals surface area contributed by atoms with E-state index in [9.17, 15) is 9.59 Å². The highest BCUT2D eigenvalue weighted by molar-refractivity contribution is 5.96. The van der Waals surface area contributed by atoms with Gasteiger partial charge in [0.2, 0.25) is 5.91 Å². The van der Waals surface area contributed by atoms with Gasteiger partial charge < -0.3 is 4.90 Å². The van der Waals surface area contributed by atoms with Crippen molar-refractivity contribution >= 4 is 11.7 Å². The highest BCUT2D eigenvalue weighted by Gasteiger charge is 2.27. The van der Waals surface area contributed by atoms with Gasteiger partial charge in [0, 0.05) is 30.2 Å². The van der Waals surface area contributed by atoms with Gasteiger partial charge in [0.15, 0.2) is 5.78 Å². The Labute approximate surface area is 160 Å². The fourth-order valence-corrected chi connectivity index (χ4v) is 4.07. The van der Waals surface area contributed by atoms with Gasteiger partial charge in [-0.25, -0.2) is 0 Å². The molecule has 3 heterocycles. The van der Waals surface area contributed by atoms with E-state index in [0.717, 1.165) is 50.0 Å². The Bertz CT molecular complexity index is 813. The molecule has 1 fully saturated rings.